The van der Waals surface area contributed by atoms with Gasteiger partial charge in [-0.15, -0.1) is 0 Å². The van der Waals surface area contributed by atoms with Gasteiger partial charge in [-0.2, -0.15) is 5.10 Å². The fourth-order valence-corrected chi connectivity index (χ4v) is 2.61. The van der Waals surface area contributed by atoms with Crippen LogP contribution < -0.4 is 5.32 Å². The lowest BCUT2D eigenvalue weighted by atomic mass is 10.1. The number of nitrogens with zero attached hydrogens (tertiary/aromatic N) is 3. The second-order valence-electron chi connectivity index (χ2n) is 7.86. The molecule has 0 aliphatic rings. The summed E-state index contributed by atoms with van der Waals surface area (Å²) in [5.41, 5.74) is 1.83. The Balaban J connectivity index is 2.33. The van der Waals surface area contributed by atoms with Crippen LogP contribution in [0.2, 0.25) is 0 Å². The summed E-state index contributed by atoms with van der Waals surface area (Å²) >= 11 is 0. The summed E-state index contributed by atoms with van der Waals surface area (Å²) in [5.74, 6) is -0.375. The van der Waals surface area contributed by atoms with Gasteiger partial charge in [-0.25, -0.2) is 14.5 Å². The smallest absolute Gasteiger partial charge is 0.339 e. The van der Waals surface area contributed by atoms with Crippen LogP contribution in [0.15, 0.2) is 12.3 Å². The van der Waals surface area contributed by atoms with Gasteiger partial charge in [0.05, 0.1) is 17.1 Å². The highest BCUT2D eigenvalue weighted by Gasteiger charge is 2.23. The predicted molar refractivity (Wildman–Crippen MR) is 105 cm³/mol. The van der Waals surface area contributed by atoms with Crippen molar-refractivity contribution < 1.29 is 14.3 Å². The number of carbonyl (C=O) groups excluding carboxylic acids is 2. The molecule has 0 aliphatic carbocycles. The number of amides is 1. The number of carbonyl (C=O) groups is 2. The summed E-state index contributed by atoms with van der Waals surface area (Å²) in [6.45, 7) is 14.2. The summed E-state index contributed by atoms with van der Waals surface area (Å²) in [7, 11) is 0. The zero-order chi connectivity index (χ0) is 20.3. The molecule has 2 heterocycles. The van der Waals surface area contributed by atoms with E-state index in [1.807, 2.05) is 41.5 Å². The van der Waals surface area contributed by atoms with E-state index < -0.39 is 12.1 Å². The molecule has 1 N–H and O–H groups in total. The third kappa shape index (κ3) is 4.84. The molecule has 0 saturated carbocycles. The van der Waals surface area contributed by atoms with Gasteiger partial charge < -0.3 is 10.1 Å². The van der Waals surface area contributed by atoms with Gasteiger partial charge in [-0.1, -0.05) is 27.7 Å². The molecule has 7 nitrogen and oxygen atoms in total. The molecule has 1 amide bonds. The second kappa shape index (κ2) is 8.50. The van der Waals surface area contributed by atoms with E-state index in [1.54, 1.807) is 23.9 Å². The molecule has 0 bridgehead atoms. The van der Waals surface area contributed by atoms with Gasteiger partial charge in [0, 0.05) is 18.3 Å². The Labute approximate surface area is 160 Å². The molecule has 0 unspecified atom stereocenters. The van der Waals surface area contributed by atoms with E-state index in [2.05, 4.69) is 15.4 Å². The molecule has 2 aromatic rings. The lowest BCUT2D eigenvalue weighted by molar-refractivity contribution is -0.129. The number of nitrogens with one attached hydrogen (secondary N) is 1. The topological polar surface area (TPSA) is 86.1 Å². The summed E-state index contributed by atoms with van der Waals surface area (Å²) in [6, 6.07) is 1.85. The first kappa shape index (κ1) is 20.9. The highest BCUT2D eigenvalue weighted by atomic mass is 16.5. The lowest BCUT2D eigenvalue weighted by Gasteiger charge is -2.16. The third-order valence-corrected chi connectivity index (χ3v) is 4.22. The fourth-order valence-electron chi connectivity index (χ4n) is 2.61. The largest absolute Gasteiger partial charge is 0.449 e. The first-order valence-electron chi connectivity index (χ1n) is 9.48. The van der Waals surface area contributed by atoms with Crippen molar-refractivity contribution in [2.45, 2.75) is 66.5 Å². The Bertz CT molecular complexity index is 824. The van der Waals surface area contributed by atoms with Crippen LogP contribution in [0.3, 0.4) is 0 Å². The maximum Gasteiger partial charge on any atom is 0.339 e. The molecule has 0 spiro atoms. The Morgan fingerprint density at radius 2 is 1.81 bits per heavy atom. The number of hydrogen-bond donors (Lipinski definition) is 1. The van der Waals surface area contributed by atoms with E-state index in [0.29, 0.717) is 29.1 Å². The van der Waals surface area contributed by atoms with Crippen molar-refractivity contribution in [1.82, 2.24) is 20.1 Å². The molecule has 1 atom stereocenters. The van der Waals surface area contributed by atoms with Crippen LogP contribution in [-0.4, -0.2) is 39.3 Å². The molecule has 0 fully saturated rings. The Kier molecular flexibility index (Phi) is 6.57. The highest BCUT2D eigenvalue weighted by Crippen LogP contribution is 2.25. The number of fused-ring (bicyclic) bond motifs is 1. The molecule has 0 aliphatic heterocycles. The van der Waals surface area contributed by atoms with Crippen molar-refractivity contribution in [3.8, 4) is 0 Å². The first-order chi connectivity index (χ1) is 12.6. The van der Waals surface area contributed by atoms with E-state index in [0.717, 1.165) is 5.69 Å². The summed E-state index contributed by atoms with van der Waals surface area (Å²) in [4.78, 5) is 29.6. The SMILES string of the molecule is CC(C)CNC(=O)[C@H](C)OC(=O)c1cc(C(C)C)nc2c1cnn2C(C)C. The van der Waals surface area contributed by atoms with Crippen molar-refractivity contribution in [1.29, 1.82) is 0 Å². The minimum atomic E-state index is -0.873. The molecule has 2 rings (SSSR count). The molecule has 7 heteroatoms. The van der Waals surface area contributed by atoms with Crippen LogP contribution in [0.25, 0.3) is 11.0 Å². The Hall–Kier alpha value is -2.44. The van der Waals surface area contributed by atoms with Crippen LogP contribution in [0.1, 0.15) is 76.5 Å². The van der Waals surface area contributed by atoms with Gasteiger partial charge in [0.1, 0.15) is 0 Å². The Morgan fingerprint density at radius 1 is 1.15 bits per heavy atom. The van der Waals surface area contributed by atoms with Crippen LogP contribution in [0.4, 0.5) is 0 Å². The molecule has 27 heavy (non-hydrogen) atoms. The van der Waals surface area contributed by atoms with Crippen molar-refractivity contribution in [2.75, 3.05) is 6.54 Å². The van der Waals surface area contributed by atoms with Crippen molar-refractivity contribution >= 4 is 22.9 Å². The van der Waals surface area contributed by atoms with Crippen LogP contribution in [-0.2, 0) is 9.53 Å². The van der Waals surface area contributed by atoms with Gasteiger partial charge >= 0.3 is 5.97 Å². The Morgan fingerprint density at radius 3 is 2.37 bits per heavy atom. The molecule has 0 radical (unpaired) electrons. The number of aromatic nitrogens is 3. The fraction of sp³-hybridized carbons (Fsp3) is 0.600. The monoisotopic (exact) mass is 374 g/mol. The van der Waals surface area contributed by atoms with Crippen LogP contribution in [0, 0.1) is 5.92 Å². The summed E-state index contributed by atoms with van der Waals surface area (Å²) < 4.78 is 7.22. The van der Waals surface area contributed by atoms with E-state index in [-0.39, 0.29) is 17.9 Å². The van der Waals surface area contributed by atoms with Gasteiger partial charge in [-0.3, -0.25) is 4.79 Å². The minimum absolute atomic E-state index is 0.113. The molecule has 0 aromatic carbocycles. The molecule has 0 saturated heterocycles. The number of pyridine rings is 1. The van der Waals surface area contributed by atoms with Gasteiger partial charge in [-0.05, 0) is 38.7 Å². The minimum Gasteiger partial charge on any atom is -0.449 e. The third-order valence-electron chi connectivity index (χ3n) is 4.22. The van der Waals surface area contributed by atoms with Crippen LogP contribution in [0.5, 0.6) is 0 Å². The maximum atomic E-state index is 12.8. The van der Waals surface area contributed by atoms with E-state index in [1.165, 1.54) is 0 Å². The van der Waals surface area contributed by atoms with E-state index in [4.69, 9.17) is 4.74 Å². The number of rotatable bonds is 7. The van der Waals surface area contributed by atoms with Crippen molar-refractivity contribution in [3.63, 3.8) is 0 Å². The molecule has 148 valence electrons. The van der Waals surface area contributed by atoms with E-state index >= 15 is 0 Å². The maximum absolute atomic E-state index is 12.8. The summed E-state index contributed by atoms with van der Waals surface area (Å²) in [5, 5.41) is 7.78. The summed E-state index contributed by atoms with van der Waals surface area (Å²) in [6.07, 6.45) is 0.758. The van der Waals surface area contributed by atoms with Gasteiger partial charge in [0.15, 0.2) is 11.8 Å². The number of ether oxygens (including phenoxy) is 1. The zero-order valence-electron chi connectivity index (χ0n) is 17.2. The predicted octanol–water partition coefficient (Wildman–Crippen LogP) is 3.45. The lowest BCUT2D eigenvalue weighted by Crippen LogP contribution is -2.37. The van der Waals surface area contributed by atoms with E-state index in [9.17, 15) is 9.59 Å². The van der Waals surface area contributed by atoms with Gasteiger partial charge in [0.25, 0.3) is 5.91 Å². The standard InChI is InChI=1S/C20H30N4O3/c1-11(2)9-21-19(25)14(7)27-20(26)15-8-17(12(3)4)23-18-16(15)10-22-24(18)13(5)6/h8,10-14H,9H2,1-7H3,(H,21,25)/t14-/m0/s1. The average Bonchev–Trinajstić information content (AvgIpc) is 3.02. The zero-order valence-corrected chi connectivity index (χ0v) is 17.2. The molecular weight excluding hydrogens is 344 g/mol. The number of esters is 1. The van der Waals surface area contributed by atoms with Gasteiger partial charge in [0.2, 0.25) is 0 Å². The first-order valence-corrected chi connectivity index (χ1v) is 9.48. The average molecular weight is 374 g/mol. The molecule has 2 aromatic heterocycles. The number of hydrogen-bond acceptors (Lipinski definition) is 5. The van der Waals surface area contributed by atoms with Crippen molar-refractivity contribution in [2.24, 2.45) is 5.92 Å². The quantitative estimate of drug-likeness (QED) is 0.750. The van der Waals surface area contributed by atoms with Crippen LogP contribution >= 0.6 is 0 Å². The van der Waals surface area contributed by atoms with Crippen molar-refractivity contribution in [3.05, 3.63) is 23.5 Å². The highest BCUT2D eigenvalue weighted by molar-refractivity contribution is 6.03. The second-order valence-corrected chi connectivity index (χ2v) is 7.86. The molecular formula is C20H30N4O3. The normalized spacial score (nSPS) is 12.8.